The summed E-state index contributed by atoms with van der Waals surface area (Å²) >= 11 is 1.67. The van der Waals surface area contributed by atoms with Gasteiger partial charge in [0.05, 0.1) is 23.5 Å². The predicted octanol–water partition coefficient (Wildman–Crippen LogP) is 4.17. The average Bonchev–Trinajstić information content (AvgIpc) is 3.22. The SMILES string of the molecule is C1=CN1SN(c1ccccc1)c1ccccc1. The van der Waals surface area contributed by atoms with Gasteiger partial charge in [-0.25, -0.2) is 0 Å². The van der Waals surface area contributed by atoms with Gasteiger partial charge in [-0.2, -0.15) is 0 Å². The minimum absolute atomic E-state index is 1.18. The van der Waals surface area contributed by atoms with Gasteiger partial charge in [0.25, 0.3) is 0 Å². The van der Waals surface area contributed by atoms with Crippen molar-refractivity contribution in [2.75, 3.05) is 4.31 Å². The number of rotatable bonds is 4. The van der Waals surface area contributed by atoms with E-state index in [-0.39, 0.29) is 0 Å². The maximum atomic E-state index is 2.21. The lowest BCUT2D eigenvalue weighted by atomic mass is 10.3. The number of anilines is 2. The summed E-state index contributed by atoms with van der Waals surface area (Å²) in [5.41, 5.74) is 2.36. The third-order valence-electron chi connectivity index (χ3n) is 2.43. The van der Waals surface area contributed by atoms with Crippen molar-refractivity contribution in [3.05, 3.63) is 73.1 Å². The molecule has 2 aromatic rings. The fraction of sp³-hybridized carbons (Fsp3) is 0. The Labute approximate surface area is 105 Å². The molecule has 0 saturated heterocycles. The summed E-state index contributed by atoms with van der Waals surface area (Å²) in [5, 5.41) is 0. The molecule has 0 saturated carbocycles. The van der Waals surface area contributed by atoms with Crippen LogP contribution in [0.1, 0.15) is 0 Å². The van der Waals surface area contributed by atoms with Gasteiger partial charge in [0.1, 0.15) is 0 Å². The van der Waals surface area contributed by atoms with Crippen molar-refractivity contribution in [1.29, 1.82) is 0 Å². The highest BCUT2D eigenvalue weighted by molar-refractivity contribution is 7.99. The monoisotopic (exact) mass is 240 g/mol. The Balaban J connectivity index is 1.91. The summed E-state index contributed by atoms with van der Waals surface area (Å²) in [5.74, 6) is 0. The zero-order chi connectivity index (χ0) is 11.5. The van der Waals surface area contributed by atoms with E-state index in [0.29, 0.717) is 0 Å². The smallest absolute Gasteiger partial charge is 0.0805 e. The summed E-state index contributed by atoms with van der Waals surface area (Å²) in [7, 11) is 0. The van der Waals surface area contributed by atoms with Gasteiger partial charge in [0.2, 0.25) is 0 Å². The number of hydrogen-bond donors (Lipinski definition) is 0. The van der Waals surface area contributed by atoms with Gasteiger partial charge in [-0.1, -0.05) is 36.4 Å². The number of benzene rings is 2. The Morgan fingerprint density at radius 3 is 1.59 bits per heavy atom. The molecular formula is C14H12N2S. The van der Waals surface area contributed by atoms with Gasteiger partial charge in [-0.05, 0) is 24.3 Å². The first-order valence-corrected chi connectivity index (χ1v) is 6.21. The number of para-hydroxylation sites is 2. The first kappa shape index (κ1) is 10.3. The topological polar surface area (TPSA) is 6.25 Å². The maximum absolute atomic E-state index is 2.21. The molecule has 1 heterocycles. The predicted molar refractivity (Wildman–Crippen MR) is 73.6 cm³/mol. The highest BCUT2D eigenvalue weighted by Crippen LogP contribution is 2.36. The minimum atomic E-state index is 1.18. The molecule has 1 aliphatic rings. The van der Waals surface area contributed by atoms with Crippen LogP contribution >= 0.6 is 12.1 Å². The Kier molecular flexibility index (Phi) is 2.76. The maximum Gasteiger partial charge on any atom is 0.0805 e. The first-order chi connectivity index (χ1) is 8.43. The van der Waals surface area contributed by atoms with Gasteiger partial charge in [0.15, 0.2) is 0 Å². The molecular weight excluding hydrogens is 228 g/mol. The molecule has 0 spiro atoms. The summed E-state index contributed by atoms with van der Waals surface area (Å²) in [4.78, 5) is 0. The highest BCUT2D eigenvalue weighted by atomic mass is 32.2. The van der Waals surface area contributed by atoms with E-state index < -0.39 is 0 Å². The summed E-state index contributed by atoms with van der Waals surface area (Å²) < 4.78 is 4.29. The Morgan fingerprint density at radius 1 is 0.706 bits per heavy atom. The lowest BCUT2D eigenvalue weighted by molar-refractivity contribution is 1.03. The fourth-order valence-electron chi connectivity index (χ4n) is 1.55. The zero-order valence-corrected chi connectivity index (χ0v) is 10.0. The van der Waals surface area contributed by atoms with E-state index in [1.54, 1.807) is 12.1 Å². The number of nitrogens with zero attached hydrogens (tertiary/aromatic N) is 2. The molecule has 0 N–H and O–H groups in total. The van der Waals surface area contributed by atoms with Gasteiger partial charge < -0.3 is 0 Å². The molecule has 0 unspecified atom stereocenters. The Hall–Kier alpha value is -1.87. The van der Waals surface area contributed by atoms with Crippen LogP contribution < -0.4 is 4.31 Å². The van der Waals surface area contributed by atoms with Crippen LogP contribution in [-0.4, -0.2) is 4.31 Å². The van der Waals surface area contributed by atoms with Gasteiger partial charge in [-0.3, -0.25) is 8.61 Å². The summed E-state index contributed by atoms with van der Waals surface area (Å²) in [6, 6.07) is 20.8. The van der Waals surface area contributed by atoms with E-state index >= 15 is 0 Å². The molecule has 0 aromatic heterocycles. The van der Waals surface area contributed by atoms with Gasteiger partial charge in [0, 0.05) is 12.4 Å². The van der Waals surface area contributed by atoms with E-state index in [9.17, 15) is 0 Å². The van der Waals surface area contributed by atoms with Crippen molar-refractivity contribution >= 4 is 23.5 Å². The first-order valence-electron chi connectivity index (χ1n) is 5.48. The number of hydrogen-bond acceptors (Lipinski definition) is 3. The largest absolute Gasteiger partial charge is 0.278 e. The van der Waals surface area contributed by atoms with Crippen LogP contribution in [0.5, 0.6) is 0 Å². The molecule has 84 valence electrons. The van der Waals surface area contributed by atoms with Crippen LogP contribution in [0.25, 0.3) is 0 Å². The van der Waals surface area contributed by atoms with Crippen molar-refractivity contribution in [3.8, 4) is 0 Å². The normalized spacial score (nSPS) is 12.6. The van der Waals surface area contributed by atoms with Crippen molar-refractivity contribution < 1.29 is 0 Å². The Morgan fingerprint density at radius 2 is 1.18 bits per heavy atom. The van der Waals surface area contributed by atoms with E-state index in [0.717, 1.165) is 0 Å². The van der Waals surface area contributed by atoms with Crippen molar-refractivity contribution in [3.63, 3.8) is 0 Å². The van der Waals surface area contributed by atoms with Crippen molar-refractivity contribution in [1.82, 2.24) is 4.31 Å². The lowest BCUT2D eigenvalue weighted by Crippen LogP contribution is -2.09. The highest BCUT2D eigenvalue weighted by Gasteiger charge is 2.16. The molecule has 3 rings (SSSR count). The van der Waals surface area contributed by atoms with Gasteiger partial charge >= 0.3 is 0 Å². The third kappa shape index (κ3) is 2.45. The van der Waals surface area contributed by atoms with Crippen LogP contribution in [0.4, 0.5) is 11.4 Å². The molecule has 0 atom stereocenters. The Bertz CT molecular complexity index is 465. The molecule has 17 heavy (non-hydrogen) atoms. The average molecular weight is 240 g/mol. The standard InChI is InChI=1S/C14H12N2S/c1-3-7-13(8-4-1)16(17-15-11-12-15)14-9-5-2-6-10-14/h1-12H. The van der Waals surface area contributed by atoms with Crippen molar-refractivity contribution in [2.24, 2.45) is 0 Å². The molecule has 0 amide bonds. The summed E-state index contributed by atoms with van der Waals surface area (Å²) in [6.07, 6.45) is 4.09. The second-order valence-electron chi connectivity index (χ2n) is 3.71. The molecule has 2 nitrogen and oxygen atoms in total. The minimum Gasteiger partial charge on any atom is -0.278 e. The molecule has 1 aliphatic heterocycles. The fourth-order valence-corrected chi connectivity index (χ4v) is 2.33. The van der Waals surface area contributed by atoms with Crippen molar-refractivity contribution in [2.45, 2.75) is 0 Å². The lowest BCUT2D eigenvalue weighted by Gasteiger charge is -2.23. The van der Waals surface area contributed by atoms with E-state index in [4.69, 9.17) is 0 Å². The van der Waals surface area contributed by atoms with Gasteiger partial charge in [-0.15, -0.1) is 0 Å². The van der Waals surface area contributed by atoms with E-state index in [1.807, 2.05) is 24.5 Å². The second kappa shape index (κ2) is 4.55. The van der Waals surface area contributed by atoms with Crippen LogP contribution in [-0.2, 0) is 0 Å². The molecule has 0 aliphatic carbocycles. The molecule has 0 radical (unpaired) electrons. The van der Waals surface area contributed by atoms with E-state index in [1.165, 1.54) is 11.4 Å². The molecule has 0 fully saturated rings. The molecule has 3 heteroatoms. The van der Waals surface area contributed by atoms with Crippen LogP contribution in [0.3, 0.4) is 0 Å². The second-order valence-corrected chi connectivity index (χ2v) is 4.66. The van der Waals surface area contributed by atoms with Crippen LogP contribution in [0.15, 0.2) is 73.1 Å². The zero-order valence-electron chi connectivity index (χ0n) is 9.23. The van der Waals surface area contributed by atoms with Crippen LogP contribution in [0, 0.1) is 0 Å². The van der Waals surface area contributed by atoms with E-state index in [2.05, 4.69) is 57.1 Å². The quantitative estimate of drug-likeness (QED) is 0.740. The molecule has 0 bridgehead atoms. The summed E-state index contributed by atoms with van der Waals surface area (Å²) in [6.45, 7) is 0. The third-order valence-corrected chi connectivity index (χ3v) is 3.45. The molecule has 2 aromatic carbocycles. The van der Waals surface area contributed by atoms with Crippen LogP contribution in [0.2, 0.25) is 0 Å².